The maximum absolute atomic E-state index is 5.20. The van der Waals surface area contributed by atoms with E-state index in [1.54, 1.807) is 13.4 Å². The van der Waals surface area contributed by atoms with Gasteiger partial charge in [-0.05, 0) is 31.2 Å². The van der Waals surface area contributed by atoms with Crippen LogP contribution in [0.5, 0.6) is 5.88 Å². The predicted octanol–water partition coefficient (Wildman–Crippen LogP) is 2.98. The van der Waals surface area contributed by atoms with Crippen LogP contribution < -0.4 is 10.1 Å². The number of nitrogens with one attached hydrogen (secondary N) is 1. The zero-order valence-corrected chi connectivity index (χ0v) is 13.0. The first-order chi connectivity index (χ1) is 9.68. The van der Waals surface area contributed by atoms with Crippen molar-refractivity contribution in [2.45, 2.75) is 58.4 Å². The number of hydrogen-bond acceptors (Lipinski definition) is 4. The summed E-state index contributed by atoms with van der Waals surface area (Å²) in [6, 6.07) is 2.45. The van der Waals surface area contributed by atoms with Gasteiger partial charge in [-0.2, -0.15) is 0 Å². The van der Waals surface area contributed by atoms with Gasteiger partial charge < -0.3 is 10.1 Å². The van der Waals surface area contributed by atoms with E-state index in [0.29, 0.717) is 17.3 Å². The lowest BCUT2D eigenvalue weighted by molar-refractivity contribution is 0.218. The third-order valence-electron chi connectivity index (χ3n) is 4.55. The normalized spacial score (nSPS) is 18.9. The minimum Gasteiger partial charge on any atom is -0.481 e. The second-order valence-electron chi connectivity index (χ2n) is 6.12. The Morgan fingerprint density at radius 1 is 1.35 bits per heavy atom. The van der Waals surface area contributed by atoms with E-state index in [1.807, 2.05) is 6.07 Å². The van der Waals surface area contributed by atoms with Crippen LogP contribution in [0.2, 0.25) is 0 Å². The molecule has 0 radical (unpaired) electrons. The van der Waals surface area contributed by atoms with Gasteiger partial charge in [0.05, 0.1) is 7.11 Å². The van der Waals surface area contributed by atoms with Crippen LogP contribution in [-0.2, 0) is 6.42 Å². The average Bonchev–Trinajstić information content (AvgIpc) is 2.91. The molecule has 1 heterocycles. The number of methoxy groups -OCH3 is 1. The van der Waals surface area contributed by atoms with Crippen molar-refractivity contribution in [2.75, 3.05) is 13.7 Å². The summed E-state index contributed by atoms with van der Waals surface area (Å²) < 4.78 is 5.20. The molecule has 4 heteroatoms. The van der Waals surface area contributed by atoms with Crippen LogP contribution in [0.1, 0.15) is 51.6 Å². The standard InChI is InChI=1S/C16H27N3O/c1-4-9-17-14(16(2)7-5-6-8-16)10-13-11-15(20-3)19-12-18-13/h11-12,14,17H,4-10H2,1-3H3. The van der Waals surface area contributed by atoms with E-state index in [4.69, 9.17) is 4.74 Å². The lowest BCUT2D eigenvalue weighted by Gasteiger charge is -2.35. The highest BCUT2D eigenvalue weighted by Gasteiger charge is 2.36. The predicted molar refractivity (Wildman–Crippen MR) is 80.9 cm³/mol. The summed E-state index contributed by atoms with van der Waals surface area (Å²) in [5.74, 6) is 0.654. The lowest BCUT2D eigenvalue weighted by atomic mass is 9.78. The van der Waals surface area contributed by atoms with Gasteiger partial charge in [0, 0.05) is 24.2 Å². The SMILES string of the molecule is CCCNC(Cc1cc(OC)ncn1)C1(C)CCCC1. The Bertz CT molecular complexity index is 416. The molecule has 2 rings (SSSR count). The van der Waals surface area contributed by atoms with Gasteiger partial charge in [0.2, 0.25) is 5.88 Å². The molecule has 1 N–H and O–H groups in total. The highest BCUT2D eigenvalue weighted by molar-refractivity contribution is 5.15. The monoisotopic (exact) mass is 277 g/mol. The van der Waals surface area contributed by atoms with Crippen molar-refractivity contribution in [2.24, 2.45) is 5.41 Å². The quantitative estimate of drug-likeness (QED) is 0.832. The molecule has 0 aliphatic heterocycles. The van der Waals surface area contributed by atoms with Gasteiger partial charge in [-0.3, -0.25) is 0 Å². The molecule has 1 saturated carbocycles. The molecule has 0 saturated heterocycles. The van der Waals surface area contributed by atoms with Crippen LogP contribution in [0.3, 0.4) is 0 Å². The molecule has 1 unspecified atom stereocenters. The van der Waals surface area contributed by atoms with Crippen LogP contribution >= 0.6 is 0 Å². The summed E-state index contributed by atoms with van der Waals surface area (Å²) in [4.78, 5) is 8.50. The van der Waals surface area contributed by atoms with Crippen LogP contribution in [0, 0.1) is 5.41 Å². The first-order valence-corrected chi connectivity index (χ1v) is 7.76. The second kappa shape index (κ2) is 7.02. The third-order valence-corrected chi connectivity index (χ3v) is 4.55. The zero-order valence-electron chi connectivity index (χ0n) is 13.0. The minimum atomic E-state index is 0.396. The van der Waals surface area contributed by atoms with Crippen molar-refractivity contribution in [3.63, 3.8) is 0 Å². The van der Waals surface area contributed by atoms with Gasteiger partial charge in [0.15, 0.2) is 0 Å². The molecule has 1 aromatic rings. The zero-order chi connectivity index (χ0) is 14.4. The third kappa shape index (κ3) is 3.69. The van der Waals surface area contributed by atoms with Crippen molar-refractivity contribution in [3.05, 3.63) is 18.1 Å². The fraction of sp³-hybridized carbons (Fsp3) is 0.750. The molecule has 1 atom stereocenters. The smallest absolute Gasteiger partial charge is 0.216 e. The number of hydrogen-bond donors (Lipinski definition) is 1. The molecule has 1 aliphatic rings. The van der Waals surface area contributed by atoms with Crippen LogP contribution in [0.25, 0.3) is 0 Å². The summed E-state index contributed by atoms with van der Waals surface area (Å²) >= 11 is 0. The van der Waals surface area contributed by atoms with E-state index in [-0.39, 0.29) is 0 Å². The van der Waals surface area contributed by atoms with Crippen molar-refractivity contribution in [1.29, 1.82) is 0 Å². The fourth-order valence-corrected chi connectivity index (χ4v) is 3.22. The number of aromatic nitrogens is 2. The Hall–Kier alpha value is -1.16. The molecule has 1 fully saturated rings. The Morgan fingerprint density at radius 3 is 2.75 bits per heavy atom. The van der Waals surface area contributed by atoms with Crippen molar-refractivity contribution >= 4 is 0 Å². The molecule has 0 bridgehead atoms. The Kier molecular flexibility index (Phi) is 5.35. The van der Waals surface area contributed by atoms with E-state index in [9.17, 15) is 0 Å². The highest BCUT2D eigenvalue weighted by atomic mass is 16.5. The molecular weight excluding hydrogens is 250 g/mol. The largest absolute Gasteiger partial charge is 0.481 e. The average molecular weight is 277 g/mol. The highest BCUT2D eigenvalue weighted by Crippen LogP contribution is 2.41. The molecule has 0 spiro atoms. The van der Waals surface area contributed by atoms with Gasteiger partial charge in [0.25, 0.3) is 0 Å². The van der Waals surface area contributed by atoms with Crippen molar-refractivity contribution < 1.29 is 4.74 Å². The summed E-state index contributed by atoms with van der Waals surface area (Å²) in [6.07, 6.45) is 9.06. The Balaban J connectivity index is 2.10. The van der Waals surface area contributed by atoms with Gasteiger partial charge in [-0.25, -0.2) is 9.97 Å². The summed E-state index contributed by atoms with van der Waals surface area (Å²) in [5.41, 5.74) is 1.46. The van der Waals surface area contributed by atoms with Crippen molar-refractivity contribution in [1.82, 2.24) is 15.3 Å². The summed E-state index contributed by atoms with van der Waals surface area (Å²) in [6.45, 7) is 5.71. The van der Waals surface area contributed by atoms with E-state index in [1.165, 1.54) is 32.1 Å². The van der Waals surface area contributed by atoms with Gasteiger partial charge in [-0.15, -0.1) is 0 Å². The molecule has 20 heavy (non-hydrogen) atoms. The molecular formula is C16H27N3O. The van der Waals surface area contributed by atoms with Crippen LogP contribution in [0.15, 0.2) is 12.4 Å². The number of rotatable bonds is 7. The summed E-state index contributed by atoms with van der Waals surface area (Å²) in [7, 11) is 1.65. The van der Waals surface area contributed by atoms with Gasteiger partial charge in [0.1, 0.15) is 6.33 Å². The Labute approximate surface area is 122 Å². The molecule has 1 aliphatic carbocycles. The van der Waals surface area contributed by atoms with E-state index < -0.39 is 0 Å². The van der Waals surface area contributed by atoms with Crippen LogP contribution in [0.4, 0.5) is 0 Å². The maximum Gasteiger partial charge on any atom is 0.216 e. The molecule has 112 valence electrons. The molecule has 1 aromatic heterocycles. The van der Waals surface area contributed by atoms with E-state index >= 15 is 0 Å². The lowest BCUT2D eigenvalue weighted by Crippen LogP contribution is -2.44. The minimum absolute atomic E-state index is 0.396. The van der Waals surface area contributed by atoms with Gasteiger partial charge >= 0.3 is 0 Å². The van der Waals surface area contributed by atoms with E-state index in [0.717, 1.165) is 18.7 Å². The number of ether oxygens (including phenoxy) is 1. The first-order valence-electron chi connectivity index (χ1n) is 7.76. The Morgan fingerprint density at radius 2 is 2.10 bits per heavy atom. The fourth-order valence-electron chi connectivity index (χ4n) is 3.22. The van der Waals surface area contributed by atoms with Crippen LogP contribution in [-0.4, -0.2) is 29.7 Å². The molecule has 4 nitrogen and oxygen atoms in total. The maximum atomic E-state index is 5.20. The molecule has 0 amide bonds. The topological polar surface area (TPSA) is 47.0 Å². The number of nitrogens with zero attached hydrogens (tertiary/aromatic N) is 2. The van der Waals surface area contributed by atoms with Crippen molar-refractivity contribution in [3.8, 4) is 5.88 Å². The second-order valence-corrected chi connectivity index (χ2v) is 6.12. The molecule has 0 aromatic carbocycles. The van der Waals surface area contributed by atoms with Gasteiger partial charge in [-0.1, -0.05) is 26.7 Å². The van der Waals surface area contributed by atoms with E-state index in [2.05, 4.69) is 29.1 Å². The first kappa shape index (κ1) is 15.2. The summed E-state index contributed by atoms with van der Waals surface area (Å²) in [5, 5.41) is 3.74.